The average molecular weight is 284 g/mol. The second kappa shape index (κ2) is 4.25. The van der Waals surface area contributed by atoms with Crippen LogP contribution in [-0.4, -0.2) is 23.5 Å². The van der Waals surface area contributed by atoms with Gasteiger partial charge in [0.05, 0.1) is 11.3 Å². The van der Waals surface area contributed by atoms with Crippen LogP contribution in [0.2, 0.25) is 0 Å². The Hall–Kier alpha value is -1.36. The van der Waals surface area contributed by atoms with Crippen LogP contribution in [0.4, 0.5) is 5.69 Å². The van der Waals surface area contributed by atoms with E-state index in [9.17, 15) is 9.59 Å². The first-order valence-corrected chi connectivity index (χ1v) is 5.72. The molecule has 1 heterocycles. The third kappa shape index (κ3) is 1.95. The van der Waals surface area contributed by atoms with Gasteiger partial charge in [-0.2, -0.15) is 0 Å². The van der Waals surface area contributed by atoms with Gasteiger partial charge in [0.15, 0.2) is 0 Å². The molecule has 1 aliphatic rings. The van der Waals surface area contributed by atoms with Crippen molar-refractivity contribution in [2.75, 3.05) is 11.4 Å². The van der Waals surface area contributed by atoms with Crippen molar-refractivity contribution >= 4 is 33.5 Å². The van der Waals surface area contributed by atoms with Gasteiger partial charge in [0.25, 0.3) is 0 Å². The highest BCUT2D eigenvalue weighted by Gasteiger charge is 2.23. The van der Waals surface area contributed by atoms with E-state index in [1.165, 1.54) is 12.1 Å². The molecule has 0 aromatic heterocycles. The molecular formula is C11H10BrNO3. The molecule has 1 aromatic rings. The number of rotatable bonds is 2. The molecule has 4 nitrogen and oxygen atoms in total. The number of benzene rings is 1. The molecular weight excluding hydrogens is 274 g/mol. The number of carbonyl (C=O) groups is 2. The predicted molar refractivity (Wildman–Crippen MR) is 62.7 cm³/mol. The normalized spacial score (nSPS) is 15.6. The van der Waals surface area contributed by atoms with E-state index in [4.69, 9.17) is 5.11 Å². The van der Waals surface area contributed by atoms with Crippen LogP contribution >= 0.6 is 15.9 Å². The van der Waals surface area contributed by atoms with Gasteiger partial charge in [-0.15, -0.1) is 0 Å². The third-order valence-corrected chi connectivity index (χ3v) is 3.19. The molecule has 84 valence electrons. The molecule has 1 fully saturated rings. The number of carboxylic acids is 1. The van der Waals surface area contributed by atoms with Crippen LogP contribution in [0.15, 0.2) is 22.7 Å². The van der Waals surface area contributed by atoms with E-state index in [-0.39, 0.29) is 11.5 Å². The Morgan fingerprint density at radius 3 is 2.69 bits per heavy atom. The van der Waals surface area contributed by atoms with E-state index in [2.05, 4.69) is 15.9 Å². The topological polar surface area (TPSA) is 57.6 Å². The summed E-state index contributed by atoms with van der Waals surface area (Å²) in [5.41, 5.74) is 0.953. The molecule has 1 aliphatic heterocycles. The first-order chi connectivity index (χ1) is 7.59. The molecule has 0 spiro atoms. The zero-order chi connectivity index (χ0) is 11.7. The van der Waals surface area contributed by atoms with Gasteiger partial charge in [0.2, 0.25) is 5.91 Å². The number of amides is 1. The van der Waals surface area contributed by atoms with E-state index in [0.29, 0.717) is 17.4 Å². The van der Waals surface area contributed by atoms with Crippen molar-refractivity contribution in [2.45, 2.75) is 12.8 Å². The maximum Gasteiger partial charge on any atom is 0.335 e. The summed E-state index contributed by atoms with van der Waals surface area (Å²) in [4.78, 5) is 24.0. The monoisotopic (exact) mass is 283 g/mol. The minimum atomic E-state index is -0.972. The van der Waals surface area contributed by atoms with Crippen LogP contribution < -0.4 is 4.90 Å². The maximum atomic E-state index is 11.5. The van der Waals surface area contributed by atoms with Crippen molar-refractivity contribution in [3.8, 4) is 0 Å². The highest BCUT2D eigenvalue weighted by molar-refractivity contribution is 9.10. The largest absolute Gasteiger partial charge is 0.478 e. The van der Waals surface area contributed by atoms with Crippen molar-refractivity contribution in [1.29, 1.82) is 0 Å². The van der Waals surface area contributed by atoms with Crippen molar-refractivity contribution in [1.82, 2.24) is 0 Å². The minimum Gasteiger partial charge on any atom is -0.478 e. The van der Waals surface area contributed by atoms with E-state index < -0.39 is 5.97 Å². The van der Waals surface area contributed by atoms with E-state index in [1.807, 2.05) is 0 Å². The van der Waals surface area contributed by atoms with Crippen LogP contribution in [0.5, 0.6) is 0 Å². The summed E-state index contributed by atoms with van der Waals surface area (Å²) in [6, 6.07) is 4.69. The smallest absolute Gasteiger partial charge is 0.335 e. The van der Waals surface area contributed by atoms with Crippen molar-refractivity contribution < 1.29 is 14.7 Å². The Morgan fingerprint density at radius 1 is 1.44 bits per heavy atom. The molecule has 0 unspecified atom stereocenters. The van der Waals surface area contributed by atoms with Crippen LogP contribution in [0.1, 0.15) is 23.2 Å². The summed E-state index contributed by atoms with van der Waals surface area (Å²) in [5, 5.41) is 8.82. The van der Waals surface area contributed by atoms with E-state index >= 15 is 0 Å². The Balaban J connectivity index is 2.36. The molecule has 1 saturated heterocycles. The van der Waals surface area contributed by atoms with Crippen molar-refractivity contribution in [3.63, 3.8) is 0 Å². The zero-order valence-corrected chi connectivity index (χ0v) is 10.0. The second-order valence-corrected chi connectivity index (χ2v) is 4.47. The molecule has 0 saturated carbocycles. The van der Waals surface area contributed by atoms with Gasteiger partial charge in [-0.3, -0.25) is 4.79 Å². The molecule has 5 heteroatoms. The lowest BCUT2D eigenvalue weighted by atomic mass is 10.2. The fraction of sp³-hybridized carbons (Fsp3) is 0.273. The number of nitrogens with zero attached hydrogens (tertiary/aromatic N) is 1. The maximum absolute atomic E-state index is 11.5. The average Bonchev–Trinajstić information content (AvgIpc) is 2.64. The number of hydrogen-bond donors (Lipinski definition) is 1. The SMILES string of the molecule is O=C(O)c1ccc(N2CCCC2=O)c(Br)c1. The number of aromatic carboxylic acids is 1. The van der Waals surface area contributed by atoms with Gasteiger partial charge < -0.3 is 10.0 Å². The molecule has 0 radical (unpaired) electrons. The zero-order valence-electron chi connectivity index (χ0n) is 8.44. The second-order valence-electron chi connectivity index (χ2n) is 3.62. The quantitative estimate of drug-likeness (QED) is 0.906. The molecule has 1 aromatic carbocycles. The fourth-order valence-corrected chi connectivity index (χ4v) is 2.35. The number of halogens is 1. The number of carbonyl (C=O) groups excluding carboxylic acids is 1. The van der Waals surface area contributed by atoms with Crippen LogP contribution in [0.3, 0.4) is 0 Å². The van der Waals surface area contributed by atoms with Crippen LogP contribution in [0.25, 0.3) is 0 Å². The summed E-state index contributed by atoms with van der Waals surface area (Å²) in [6.07, 6.45) is 1.42. The first kappa shape index (κ1) is 11.1. The lowest BCUT2D eigenvalue weighted by Gasteiger charge is -2.17. The van der Waals surface area contributed by atoms with Gasteiger partial charge in [-0.05, 0) is 40.5 Å². The fourth-order valence-electron chi connectivity index (χ4n) is 1.76. The summed E-state index contributed by atoms with van der Waals surface area (Å²) >= 11 is 3.30. The highest BCUT2D eigenvalue weighted by Crippen LogP contribution is 2.30. The lowest BCUT2D eigenvalue weighted by Crippen LogP contribution is -2.24. The Kier molecular flexibility index (Phi) is 2.96. The molecule has 1 N–H and O–H groups in total. The van der Waals surface area contributed by atoms with Crippen molar-refractivity contribution in [2.24, 2.45) is 0 Å². The first-order valence-electron chi connectivity index (χ1n) is 4.93. The molecule has 2 rings (SSSR count). The Morgan fingerprint density at radius 2 is 2.19 bits per heavy atom. The number of carboxylic acid groups (broad SMARTS) is 1. The molecule has 1 amide bonds. The standard InChI is InChI=1S/C11H10BrNO3/c12-8-6-7(11(15)16)3-4-9(8)13-5-1-2-10(13)14/h3-4,6H,1-2,5H2,(H,15,16). The predicted octanol–water partition coefficient (Wildman–Crippen LogP) is 2.27. The van der Waals surface area contributed by atoms with Gasteiger partial charge in [-0.25, -0.2) is 4.79 Å². The van der Waals surface area contributed by atoms with E-state index in [1.54, 1.807) is 11.0 Å². The van der Waals surface area contributed by atoms with Crippen LogP contribution in [0, 0.1) is 0 Å². The summed E-state index contributed by atoms with van der Waals surface area (Å²) < 4.78 is 0.641. The Labute approximate surface area is 101 Å². The molecule has 0 atom stereocenters. The minimum absolute atomic E-state index is 0.0868. The summed E-state index contributed by atoms with van der Waals surface area (Å²) in [5.74, 6) is -0.885. The molecule has 0 aliphatic carbocycles. The van der Waals surface area contributed by atoms with Gasteiger partial charge in [0, 0.05) is 17.4 Å². The number of anilines is 1. The van der Waals surface area contributed by atoms with Gasteiger partial charge in [-0.1, -0.05) is 0 Å². The Bertz CT molecular complexity index is 459. The van der Waals surface area contributed by atoms with Crippen molar-refractivity contribution in [3.05, 3.63) is 28.2 Å². The van der Waals surface area contributed by atoms with Gasteiger partial charge >= 0.3 is 5.97 Å². The highest BCUT2D eigenvalue weighted by atomic mass is 79.9. The summed E-state index contributed by atoms with van der Waals surface area (Å²) in [7, 11) is 0. The molecule has 16 heavy (non-hydrogen) atoms. The number of hydrogen-bond acceptors (Lipinski definition) is 2. The molecule has 0 bridgehead atoms. The third-order valence-electron chi connectivity index (χ3n) is 2.56. The van der Waals surface area contributed by atoms with Crippen LogP contribution in [-0.2, 0) is 4.79 Å². The summed E-state index contributed by atoms with van der Waals surface area (Å²) in [6.45, 7) is 0.698. The van der Waals surface area contributed by atoms with E-state index in [0.717, 1.165) is 12.1 Å². The van der Waals surface area contributed by atoms with Gasteiger partial charge in [0.1, 0.15) is 0 Å². The lowest BCUT2D eigenvalue weighted by molar-refractivity contribution is -0.117.